The van der Waals surface area contributed by atoms with Gasteiger partial charge in [-0.25, -0.2) is 4.98 Å². The zero-order valence-electron chi connectivity index (χ0n) is 16.7. The van der Waals surface area contributed by atoms with E-state index in [1.54, 1.807) is 12.1 Å². The van der Waals surface area contributed by atoms with Gasteiger partial charge in [-0.05, 0) is 49.4 Å². The number of likely N-dealkylation sites (tertiary alicyclic amines) is 1. The Kier molecular flexibility index (Phi) is 6.33. The quantitative estimate of drug-likeness (QED) is 0.623. The van der Waals surface area contributed by atoms with Crippen molar-refractivity contribution in [1.29, 1.82) is 0 Å². The molecule has 0 radical (unpaired) electrons. The first-order valence-electron chi connectivity index (χ1n) is 10.3. The zero-order chi connectivity index (χ0) is 20.9. The molecule has 0 saturated carbocycles. The highest BCUT2D eigenvalue weighted by atomic mass is 35.5. The molecule has 1 aliphatic rings. The Labute approximate surface area is 180 Å². The number of benzene rings is 2. The fourth-order valence-corrected chi connectivity index (χ4v) is 4.14. The molecular weight excluding hydrogens is 400 g/mol. The normalized spacial score (nSPS) is 14.8. The van der Waals surface area contributed by atoms with Gasteiger partial charge in [0.15, 0.2) is 0 Å². The lowest BCUT2D eigenvalue weighted by Crippen LogP contribution is -2.38. The average Bonchev–Trinajstić information content (AvgIpc) is 3.19. The van der Waals surface area contributed by atoms with E-state index in [2.05, 4.69) is 15.3 Å². The first-order valence-corrected chi connectivity index (χ1v) is 10.7. The predicted molar refractivity (Wildman–Crippen MR) is 117 cm³/mol. The van der Waals surface area contributed by atoms with Gasteiger partial charge in [0.05, 0.1) is 28.2 Å². The summed E-state index contributed by atoms with van der Waals surface area (Å²) in [4.78, 5) is 34.4. The van der Waals surface area contributed by atoms with Crippen molar-refractivity contribution in [1.82, 2.24) is 20.2 Å². The molecule has 1 fully saturated rings. The summed E-state index contributed by atoms with van der Waals surface area (Å²) in [7, 11) is 0. The van der Waals surface area contributed by atoms with Crippen LogP contribution in [0.1, 0.15) is 41.9 Å². The number of piperidine rings is 1. The average molecular weight is 425 g/mol. The van der Waals surface area contributed by atoms with E-state index in [9.17, 15) is 9.59 Å². The minimum Gasteiger partial charge on any atom is -0.349 e. The number of carbonyl (C=O) groups excluding carboxylic acids is 2. The number of hydrogen-bond acceptors (Lipinski definition) is 3. The highest BCUT2D eigenvalue weighted by Gasteiger charge is 2.25. The van der Waals surface area contributed by atoms with Gasteiger partial charge in [-0.2, -0.15) is 0 Å². The summed E-state index contributed by atoms with van der Waals surface area (Å²) < 4.78 is 0. The lowest BCUT2D eigenvalue weighted by Gasteiger charge is -2.32. The zero-order valence-corrected chi connectivity index (χ0v) is 17.5. The number of halogens is 1. The molecule has 0 aliphatic carbocycles. The van der Waals surface area contributed by atoms with Crippen LogP contribution < -0.4 is 5.32 Å². The fraction of sp³-hybridized carbons (Fsp3) is 0.348. The van der Waals surface area contributed by atoms with Gasteiger partial charge >= 0.3 is 0 Å². The van der Waals surface area contributed by atoms with Crippen molar-refractivity contribution in [3.8, 4) is 0 Å². The van der Waals surface area contributed by atoms with Gasteiger partial charge in [0.1, 0.15) is 5.82 Å². The molecule has 2 heterocycles. The number of aromatic amines is 1. The lowest BCUT2D eigenvalue weighted by molar-refractivity contribution is -0.121. The van der Waals surface area contributed by atoms with E-state index in [1.165, 1.54) is 0 Å². The fourth-order valence-electron chi connectivity index (χ4n) is 3.92. The van der Waals surface area contributed by atoms with Crippen molar-refractivity contribution in [2.45, 2.75) is 32.2 Å². The maximum absolute atomic E-state index is 12.6. The Balaban J connectivity index is 1.19. The third kappa shape index (κ3) is 4.82. The molecule has 1 saturated heterocycles. The Hall–Kier alpha value is -2.86. The van der Waals surface area contributed by atoms with Crippen molar-refractivity contribution in [3.63, 3.8) is 0 Å². The molecule has 2 amide bonds. The van der Waals surface area contributed by atoms with Crippen LogP contribution in [0.15, 0.2) is 48.5 Å². The van der Waals surface area contributed by atoms with Crippen LogP contribution in [0, 0.1) is 5.92 Å². The minimum atomic E-state index is -0.0115. The Morgan fingerprint density at radius 3 is 2.60 bits per heavy atom. The van der Waals surface area contributed by atoms with Gasteiger partial charge in [0, 0.05) is 19.5 Å². The SMILES string of the molecule is O=C(CCC1CCN(C(=O)c2ccccc2Cl)CC1)NCc1nc2ccccc2[nH]1. The first kappa shape index (κ1) is 20.4. The van der Waals surface area contributed by atoms with Crippen LogP contribution in [0.25, 0.3) is 11.0 Å². The van der Waals surface area contributed by atoms with Crippen LogP contribution in [0.4, 0.5) is 0 Å². The summed E-state index contributed by atoms with van der Waals surface area (Å²) in [5, 5.41) is 3.43. The Morgan fingerprint density at radius 1 is 1.10 bits per heavy atom. The highest BCUT2D eigenvalue weighted by molar-refractivity contribution is 6.33. The van der Waals surface area contributed by atoms with E-state index in [0.29, 0.717) is 42.6 Å². The van der Waals surface area contributed by atoms with Crippen molar-refractivity contribution in [2.24, 2.45) is 5.92 Å². The van der Waals surface area contributed by atoms with Crippen LogP contribution >= 0.6 is 11.6 Å². The second-order valence-corrected chi connectivity index (χ2v) is 8.14. The predicted octanol–water partition coefficient (Wildman–Crippen LogP) is 4.17. The smallest absolute Gasteiger partial charge is 0.255 e. The van der Waals surface area contributed by atoms with Gasteiger partial charge in [-0.3, -0.25) is 9.59 Å². The van der Waals surface area contributed by atoms with Crippen molar-refractivity contribution in [3.05, 3.63) is 64.9 Å². The molecule has 0 atom stereocenters. The Morgan fingerprint density at radius 2 is 1.83 bits per heavy atom. The topological polar surface area (TPSA) is 78.1 Å². The van der Waals surface area contributed by atoms with Gasteiger partial charge in [0.25, 0.3) is 5.91 Å². The number of nitrogens with zero attached hydrogens (tertiary/aromatic N) is 2. The second kappa shape index (κ2) is 9.30. The van der Waals surface area contributed by atoms with Crippen LogP contribution in [-0.4, -0.2) is 39.8 Å². The molecule has 0 bridgehead atoms. The molecule has 1 aliphatic heterocycles. The maximum Gasteiger partial charge on any atom is 0.255 e. The van der Waals surface area contributed by atoms with Crippen LogP contribution in [0.2, 0.25) is 5.02 Å². The number of hydrogen-bond donors (Lipinski definition) is 2. The van der Waals surface area contributed by atoms with Gasteiger partial charge in [-0.15, -0.1) is 0 Å². The number of aromatic nitrogens is 2. The standard InChI is InChI=1S/C23H25ClN4O2/c24-18-6-2-1-5-17(18)23(30)28-13-11-16(12-14-28)9-10-22(29)25-15-21-26-19-7-3-4-8-20(19)27-21/h1-8,16H,9-15H2,(H,25,29)(H,26,27). The highest BCUT2D eigenvalue weighted by Crippen LogP contribution is 2.25. The van der Waals surface area contributed by atoms with E-state index in [0.717, 1.165) is 36.1 Å². The van der Waals surface area contributed by atoms with E-state index in [1.807, 2.05) is 41.3 Å². The number of rotatable bonds is 6. The van der Waals surface area contributed by atoms with E-state index < -0.39 is 0 Å². The largest absolute Gasteiger partial charge is 0.349 e. The third-order valence-corrected chi connectivity index (χ3v) is 6.01. The molecule has 6 nitrogen and oxygen atoms in total. The monoisotopic (exact) mass is 424 g/mol. The molecular formula is C23H25ClN4O2. The van der Waals surface area contributed by atoms with Crippen LogP contribution in [-0.2, 0) is 11.3 Å². The summed E-state index contributed by atoms with van der Waals surface area (Å²) in [6.45, 7) is 1.81. The molecule has 3 aromatic rings. The molecule has 0 unspecified atom stereocenters. The number of carbonyl (C=O) groups is 2. The third-order valence-electron chi connectivity index (χ3n) is 5.68. The number of amides is 2. The minimum absolute atomic E-state index is 0.0115. The summed E-state index contributed by atoms with van der Waals surface area (Å²) in [6.07, 6.45) is 3.14. The van der Waals surface area contributed by atoms with Gasteiger partial charge in [0.2, 0.25) is 5.91 Å². The Bertz CT molecular complexity index is 1010. The van der Waals surface area contributed by atoms with Crippen molar-refractivity contribution < 1.29 is 9.59 Å². The molecule has 1 aromatic heterocycles. The number of H-pyrrole nitrogens is 1. The van der Waals surface area contributed by atoms with Crippen molar-refractivity contribution >= 4 is 34.4 Å². The molecule has 4 rings (SSSR count). The second-order valence-electron chi connectivity index (χ2n) is 7.73. The summed E-state index contributed by atoms with van der Waals surface area (Å²) in [5.41, 5.74) is 2.43. The number of para-hydroxylation sites is 2. The van der Waals surface area contributed by atoms with E-state index >= 15 is 0 Å². The summed E-state index contributed by atoms with van der Waals surface area (Å²) in [5.74, 6) is 1.24. The summed E-state index contributed by atoms with van der Waals surface area (Å²) in [6, 6.07) is 15.0. The van der Waals surface area contributed by atoms with Crippen LogP contribution in [0.5, 0.6) is 0 Å². The van der Waals surface area contributed by atoms with E-state index in [-0.39, 0.29) is 11.8 Å². The molecule has 30 heavy (non-hydrogen) atoms. The van der Waals surface area contributed by atoms with Gasteiger partial charge < -0.3 is 15.2 Å². The van der Waals surface area contributed by atoms with Gasteiger partial charge in [-0.1, -0.05) is 35.9 Å². The molecule has 2 N–H and O–H groups in total. The maximum atomic E-state index is 12.6. The number of imidazole rings is 1. The van der Waals surface area contributed by atoms with E-state index in [4.69, 9.17) is 11.6 Å². The first-order chi connectivity index (χ1) is 14.6. The number of nitrogens with one attached hydrogen (secondary N) is 2. The molecule has 2 aromatic carbocycles. The van der Waals surface area contributed by atoms with Crippen LogP contribution in [0.3, 0.4) is 0 Å². The molecule has 156 valence electrons. The number of fused-ring (bicyclic) bond motifs is 1. The van der Waals surface area contributed by atoms with Crippen molar-refractivity contribution in [2.75, 3.05) is 13.1 Å². The molecule has 0 spiro atoms. The lowest BCUT2D eigenvalue weighted by atomic mass is 9.91. The summed E-state index contributed by atoms with van der Waals surface area (Å²) >= 11 is 6.15. The molecule has 7 heteroatoms.